The Morgan fingerprint density at radius 3 is 2.79 bits per heavy atom. The number of carboxylic acid groups (broad SMARTS) is 1. The van der Waals surface area contributed by atoms with E-state index in [-0.39, 0.29) is 31.3 Å². The summed E-state index contributed by atoms with van der Waals surface area (Å²) < 4.78 is 0. The minimum Gasteiger partial charge on any atom is -0.481 e. The number of aromatic nitrogens is 2. The first kappa shape index (κ1) is 18.3. The van der Waals surface area contributed by atoms with Crippen molar-refractivity contribution < 1.29 is 9.90 Å². The number of nitrogens with zero attached hydrogens (tertiary/aromatic N) is 1. The van der Waals surface area contributed by atoms with E-state index in [1.807, 2.05) is 30.3 Å². The third kappa shape index (κ3) is 3.70. The van der Waals surface area contributed by atoms with E-state index < -0.39 is 5.97 Å². The number of imidazole rings is 1. The summed E-state index contributed by atoms with van der Waals surface area (Å²) in [4.78, 5) is 18.3. The van der Waals surface area contributed by atoms with Gasteiger partial charge in [-0.15, -0.1) is 12.4 Å². The Morgan fingerprint density at radius 2 is 2.08 bits per heavy atom. The number of hydrogen-bond acceptors (Lipinski definition) is 3. The molecular weight excluding hydrogens is 349 g/mol. The highest BCUT2D eigenvalue weighted by molar-refractivity contribution is 6.33. The number of benzene rings is 2. The summed E-state index contributed by atoms with van der Waals surface area (Å²) in [6.07, 6.45) is 1.64. The van der Waals surface area contributed by atoms with Gasteiger partial charge < -0.3 is 15.8 Å². The maximum absolute atomic E-state index is 11.0. The first-order valence-corrected chi connectivity index (χ1v) is 7.61. The molecule has 0 radical (unpaired) electrons. The molecule has 7 heteroatoms. The van der Waals surface area contributed by atoms with Crippen LogP contribution in [0.3, 0.4) is 0 Å². The maximum atomic E-state index is 11.0. The fourth-order valence-corrected chi connectivity index (χ4v) is 2.90. The molecular formula is C17H17Cl2N3O2. The van der Waals surface area contributed by atoms with Crippen LogP contribution >= 0.6 is 24.0 Å². The van der Waals surface area contributed by atoms with Crippen molar-refractivity contribution in [3.05, 3.63) is 53.3 Å². The molecule has 4 N–H and O–H groups in total. The normalized spacial score (nSPS) is 11.9. The quantitative estimate of drug-likeness (QED) is 0.640. The van der Waals surface area contributed by atoms with Crippen molar-refractivity contribution in [3.63, 3.8) is 0 Å². The van der Waals surface area contributed by atoms with Crippen molar-refractivity contribution in [2.45, 2.75) is 12.3 Å². The van der Waals surface area contributed by atoms with Crippen LogP contribution in [0.1, 0.15) is 17.9 Å². The molecule has 0 fully saturated rings. The zero-order valence-electron chi connectivity index (χ0n) is 12.7. The minimum atomic E-state index is -0.865. The number of aromatic amines is 1. The number of H-pyrrole nitrogens is 1. The molecule has 0 saturated heterocycles. The smallest absolute Gasteiger partial charge is 0.304 e. The molecule has 3 rings (SSSR count). The molecule has 0 aliphatic heterocycles. The van der Waals surface area contributed by atoms with Crippen molar-refractivity contribution in [2.24, 2.45) is 5.73 Å². The molecule has 3 aromatic rings. The Balaban J connectivity index is 0.00000208. The van der Waals surface area contributed by atoms with E-state index in [2.05, 4.69) is 9.97 Å². The molecule has 0 spiro atoms. The molecule has 1 aromatic heterocycles. The van der Waals surface area contributed by atoms with Gasteiger partial charge in [0.25, 0.3) is 0 Å². The molecule has 0 aliphatic carbocycles. The first-order valence-electron chi connectivity index (χ1n) is 7.23. The van der Waals surface area contributed by atoms with Crippen LogP contribution in [0.2, 0.25) is 5.02 Å². The summed E-state index contributed by atoms with van der Waals surface area (Å²) in [6, 6.07) is 11.4. The lowest BCUT2D eigenvalue weighted by molar-refractivity contribution is -0.137. The lowest BCUT2D eigenvalue weighted by Crippen LogP contribution is -2.16. The maximum Gasteiger partial charge on any atom is 0.304 e. The molecule has 24 heavy (non-hydrogen) atoms. The minimum absolute atomic E-state index is 0. The molecule has 0 amide bonds. The number of halogens is 2. The van der Waals surface area contributed by atoms with Crippen molar-refractivity contribution in [1.29, 1.82) is 0 Å². The summed E-state index contributed by atoms with van der Waals surface area (Å²) in [7, 11) is 0. The van der Waals surface area contributed by atoms with E-state index in [0.717, 1.165) is 27.7 Å². The third-order valence-electron chi connectivity index (χ3n) is 3.90. The zero-order valence-corrected chi connectivity index (χ0v) is 14.3. The average Bonchev–Trinajstić information content (AvgIpc) is 3.00. The van der Waals surface area contributed by atoms with Gasteiger partial charge in [0.05, 0.1) is 23.8 Å². The molecule has 1 atom stereocenters. The highest BCUT2D eigenvalue weighted by Crippen LogP contribution is 2.33. The predicted octanol–water partition coefficient (Wildman–Crippen LogP) is 3.82. The largest absolute Gasteiger partial charge is 0.481 e. The van der Waals surface area contributed by atoms with E-state index in [1.165, 1.54) is 0 Å². The van der Waals surface area contributed by atoms with Gasteiger partial charge in [-0.25, -0.2) is 4.98 Å². The van der Waals surface area contributed by atoms with Gasteiger partial charge in [0.15, 0.2) is 0 Å². The fourth-order valence-electron chi connectivity index (χ4n) is 2.67. The summed E-state index contributed by atoms with van der Waals surface area (Å²) in [5.41, 5.74) is 10.2. The van der Waals surface area contributed by atoms with E-state index in [1.54, 1.807) is 12.4 Å². The van der Waals surface area contributed by atoms with Gasteiger partial charge in [-0.1, -0.05) is 23.7 Å². The number of nitrogens with two attached hydrogens (primary N) is 1. The van der Waals surface area contributed by atoms with Crippen LogP contribution in [0.4, 0.5) is 0 Å². The van der Waals surface area contributed by atoms with Crippen molar-refractivity contribution >= 4 is 41.0 Å². The molecule has 0 saturated carbocycles. The Morgan fingerprint density at radius 1 is 1.29 bits per heavy atom. The van der Waals surface area contributed by atoms with Gasteiger partial charge in [0.2, 0.25) is 0 Å². The van der Waals surface area contributed by atoms with Gasteiger partial charge in [0, 0.05) is 16.5 Å². The SMILES string of the molecule is Cl.NC[C@H](CC(=O)O)c1ccc(Cl)c(-c2ccc3nc[nH]c3c2)c1. The van der Waals surface area contributed by atoms with Crippen molar-refractivity contribution in [2.75, 3.05) is 6.54 Å². The number of aliphatic carboxylic acids is 1. The Kier molecular flexibility index (Phi) is 5.83. The van der Waals surface area contributed by atoms with Gasteiger partial charge >= 0.3 is 5.97 Å². The second kappa shape index (κ2) is 7.66. The molecule has 1 heterocycles. The van der Waals surface area contributed by atoms with Crippen LogP contribution in [-0.4, -0.2) is 27.6 Å². The number of rotatable bonds is 5. The highest BCUT2D eigenvalue weighted by Gasteiger charge is 2.16. The summed E-state index contributed by atoms with van der Waals surface area (Å²) in [5, 5.41) is 9.63. The second-order valence-electron chi connectivity index (χ2n) is 5.40. The van der Waals surface area contributed by atoms with Crippen molar-refractivity contribution in [3.8, 4) is 11.1 Å². The molecule has 0 unspecified atom stereocenters. The van der Waals surface area contributed by atoms with Gasteiger partial charge in [-0.05, 0) is 41.9 Å². The number of carboxylic acids is 1. The van der Waals surface area contributed by atoms with E-state index in [0.29, 0.717) is 5.02 Å². The topological polar surface area (TPSA) is 92.0 Å². The van der Waals surface area contributed by atoms with Crippen LogP contribution in [0, 0.1) is 0 Å². The average molecular weight is 366 g/mol. The summed E-state index contributed by atoms with van der Waals surface area (Å²) in [6.45, 7) is 0.271. The number of hydrogen-bond donors (Lipinski definition) is 3. The number of fused-ring (bicyclic) bond motifs is 1. The molecule has 2 aromatic carbocycles. The molecule has 0 bridgehead atoms. The van der Waals surface area contributed by atoms with E-state index in [9.17, 15) is 4.79 Å². The second-order valence-corrected chi connectivity index (χ2v) is 5.81. The molecule has 5 nitrogen and oxygen atoms in total. The van der Waals surface area contributed by atoms with E-state index in [4.69, 9.17) is 22.4 Å². The Hall–Kier alpha value is -2.08. The fraction of sp³-hybridized carbons (Fsp3) is 0.176. The number of nitrogens with one attached hydrogen (secondary N) is 1. The first-order chi connectivity index (χ1) is 11.1. The standard InChI is InChI=1S/C17H16ClN3O2.ClH/c18-14-3-1-10(12(8-19)7-17(22)23)5-13(14)11-2-4-15-16(6-11)21-9-20-15;/h1-6,9,12H,7-8,19H2,(H,20,21)(H,22,23);1H/t12-;/m0./s1. The highest BCUT2D eigenvalue weighted by atomic mass is 35.5. The van der Waals surface area contributed by atoms with Crippen LogP contribution < -0.4 is 5.73 Å². The van der Waals surface area contributed by atoms with Gasteiger partial charge in [-0.3, -0.25) is 4.79 Å². The summed E-state index contributed by atoms with van der Waals surface area (Å²) >= 11 is 6.34. The lowest BCUT2D eigenvalue weighted by atomic mass is 9.92. The third-order valence-corrected chi connectivity index (χ3v) is 4.23. The van der Waals surface area contributed by atoms with Gasteiger partial charge in [-0.2, -0.15) is 0 Å². The van der Waals surface area contributed by atoms with Crippen LogP contribution in [0.15, 0.2) is 42.7 Å². The monoisotopic (exact) mass is 365 g/mol. The Labute approximate surface area is 150 Å². The van der Waals surface area contributed by atoms with Crippen LogP contribution in [0.5, 0.6) is 0 Å². The lowest BCUT2D eigenvalue weighted by Gasteiger charge is -2.15. The summed E-state index contributed by atoms with van der Waals surface area (Å²) in [5.74, 6) is -1.10. The van der Waals surface area contributed by atoms with Crippen LogP contribution in [-0.2, 0) is 4.79 Å². The molecule has 0 aliphatic rings. The van der Waals surface area contributed by atoms with Gasteiger partial charge in [0.1, 0.15) is 0 Å². The zero-order chi connectivity index (χ0) is 16.4. The van der Waals surface area contributed by atoms with Crippen LogP contribution in [0.25, 0.3) is 22.2 Å². The van der Waals surface area contributed by atoms with E-state index >= 15 is 0 Å². The van der Waals surface area contributed by atoms with Crippen molar-refractivity contribution in [1.82, 2.24) is 9.97 Å². The molecule has 126 valence electrons. The Bertz CT molecular complexity index is 864. The predicted molar refractivity (Wildman–Crippen MR) is 97.8 cm³/mol. The number of carbonyl (C=O) groups is 1.